The Morgan fingerprint density at radius 3 is 2.14 bits per heavy atom. The highest BCUT2D eigenvalue weighted by Crippen LogP contribution is 2.26. The molecular weight excluding hydrogens is 261 g/mol. The fourth-order valence-electron chi connectivity index (χ4n) is 2.13. The van der Waals surface area contributed by atoms with Crippen molar-refractivity contribution in [1.29, 1.82) is 0 Å². The lowest BCUT2D eigenvalue weighted by Crippen LogP contribution is -2.08. The molecule has 0 spiro atoms. The topological polar surface area (TPSA) is 12.0 Å². The van der Waals surface area contributed by atoms with E-state index in [0.29, 0.717) is 5.56 Å². The zero-order chi connectivity index (χ0) is 15.6. The van der Waals surface area contributed by atoms with Gasteiger partial charge >= 0.3 is 0 Å². The van der Waals surface area contributed by atoms with Crippen LogP contribution < -0.4 is 5.32 Å². The SMILES string of the molecule is C=C(Nc1ccc(C(C)(C)F)cc1)c1ccc(C)c(C)c1. The van der Waals surface area contributed by atoms with Crippen molar-refractivity contribution in [3.63, 3.8) is 0 Å². The van der Waals surface area contributed by atoms with Gasteiger partial charge < -0.3 is 5.32 Å². The van der Waals surface area contributed by atoms with E-state index < -0.39 is 5.67 Å². The highest BCUT2D eigenvalue weighted by molar-refractivity contribution is 5.75. The average molecular weight is 283 g/mol. The first kappa shape index (κ1) is 15.3. The second-order valence-electron chi connectivity index (χ2n) is 5.95. The smallest absolute Gasteiger partial charge is 0.130 e. The van der Waals surface area contributed by atoms with E-state index in [9.17, 15) is 4.39 Å². The number of hydrogen-bond acceptors (Lipinski definition) is 1. The molecule has 0 bridgehead atoms. The van der Waals surface area contributed by atoms with E-state index >= 15 is 0 Å². The van der Waals surface area contributed by atoms with E-state index in [1.807, 2.05) is 12.1 Å². The monoisotopic (exact) mass is 283 g/mol. The van der Waals surface area contributed by atoms with Crippen molar-refractivity contribution in [2.75, 3.05) is 5.32 Å². The molecule has 0 aliphatic heterocycles. The van der Waals surface area contributed by atoms with Gasteiger partial charge in [-0.25, -0.2) is 4.39 Å². The summed E-state index contributed by atoms with van der Waals surface area (Å²) in [7, 11) is 0. The minimum atomic E-state index is -1.32. The summed E-state index contributed by atoms with van der Waals surface area (Å²) in [6.45, 7) is 11.4. The van der Waals surface area contributed by atoms with Gasteiger partial charge in [-0.05, 0) is 68.1 Å². The number of anilines is 1. The molecule has 2 heteroatoms. The van der Waals surface area contributed by atoms with Gasteiger partial charge in [0.1, 0.15) is 5.67 Å². The first-order valence-electron chi connectivity index (χ1n) is 7.10. The van der Waals surface area contributed by atoms with Gasteiger partial charge in [-0.2, -0.15) is 0 Å². The molecule has 1 N–H and O–H groups in total. The summed E-state index contributed by atoms with van der Waals surface area (Å²) in [4.78, 5) is 0. The van der Waals surface area contributed by atoms with Gasteiger partial charge in [0.15, 0.2) is 0 Å². The van der Waals surface area contributed by atoms with Crippen molar-refractivity contribution >= 4 is 11.4 Å². The zero-order valence-corrected chi connectivity index (χ0v) is 13.1. The van der Waals surface area contributed by atoms with Crippen LogP contribution in [0.1, 0.15) is 36.1 Å². The van der Waals surface area contributed by atoms with Crippen molar-refractivity contribution in [2.24, 2.45) is 0 Å². The largest absolute Gasteiger partial charge is 0.356 e. The van der Waals surface area contributed by atoms with E-state index in [0.717, 1.165) is 16.9 Å². The predicted octanol–water partition coefficient (Wildman–Crippen LogP) is 5.59. The van der Waals surface area contributed by atoms with E-state index in [1.54, 1.807) is 26.0 Å². The molecule has 110 valence electrons. The Morgan fingerprint density at radius 2 is 1.62 bits per heavy atom. The second-order valence-corrected chi connectivity index (χ2v) is 5.95. The molecule has 21 heavy (non-hydrogen) atoms. The molecule has 2 aromatic rings. The number of alkyl halides is 1. The summed E-state index contributed by atoms with van der Waals surface area (Å²) in [6.07, 6.45) is 0. The third-order valence-electron chi connectivity index (χ3n) is 3.72. The van der Waals surface area contributed by atoms with Gasteiger partial charge in [0.05, 0.1) is 0 Å². The van der Waals surface area contributed by atoms with Gasteiger partial charge in [-0.3, -0.25) is 0 Å². The van der Waals surface area contributed by atoms with Crippen molar-refractivity contribution < 1.29 is 4.39 Å². The number of nitrogens with one attached hydrogen (secondary N) is 1. The average Bonchev–Trinajstić information content (AvgIpc) is 2.41. The molecule has 0 saturated carbocycles. The lowest BCUT2D eigenvalue weighted by Gasteiger charge is -2.16. The molecule has 0 saturated heterocycles. The molecule has 0 fully saturated rings. The predicted molar refractivity (Wildman–Crippen MR) is 89.1 cm³/mol. The molecule has 0 aromatic heterocycles. The highest BCUT2D eigenvalue weighted by Gasteiger charge is 2.17. The van der Waals surface area contributed by atoms with Crippen LogP contribution >= 0.6 is 0 Å². The molecule has 0 aliphatic rings. The van der Waals surface area contributed by atoms with Crippen LogP contribution in [0.15, 0.2) is 49.0 Å². The van der Waals surface area contributed by atoms with Crippen molar-refractivity contribution in [3.05, 3.63) is 71.3 Å². The Kier molecular flexibility index (Phi) is 4.17. The number of rotatable bonds is 4. The van der Waals surface area contributed by atoms with Crippen molar-refractivity contribution in [2.45, 2.75) is 33.4 Å². The molecule has 0 amide bonds. The number of halogens is 1. The maximum atomic E-state index is 13.8. The van der Waals surface area contributed by atoms with Crippen LogP contribution in [0.2, 0.25) is 0 Å². The van der Waals surface area contributed by atoms with E-state index in [2.05, 4.69) is 43.9 Å². The van der Waals surface area contributed by atoms with Crippen LogP contribution in [0.3, 0.4) is 0 Å². The lowest BCUT2D eigenvalue weighted by atomic mass is 10.00. The van der Waals surface area contributed by atoms with Crippen LogP contribution in [0.5, 0.6) is 0 Å². The Balaban J connectivity index is 2.14. The molecule has 2 aromatic carbocycles. The van der Waals surface area contributed by atoms with Crippen LogP contribution in [0, 0.1) is 13.8 Å². The van der Waals surface area contributed by atoms with Gasteiger partial charge in [-0.1, -0.05) is 30.8 Å². The highest BCUT2D eigenvalue weighted by atomic mass is 19.1. The quantitative estimate of drug-likeness (QED) is 0.771. The fourth-order valence-corrected chi connectivity index (χ4v) is 2.13. The lowest BCUT2D eigenvalue weighted by molar-refractivity contribution is 0.221. The van der Waals surface area contributed by atoms with Crippen molar-refractivity contribution in [1.82, 2.24) is 0 Å². The third-order valence-corrected chi connectivity index (χ3v) is 3.72. The van der Waals surface area contributed by atoms with Gasteiger partial charge in [0.2, 0.25) is 0 Å². The molecule has 2 rings (SSSR count). The Morgan fingerprint density at radius 1 is 1.00 bits per heavy atom. The summed E-state index contributed by atoms with van der Waals surface area (Å²) in [5.74, 6) is 0. The van der Waals surface area contributed by atoms with E-state index in [4.69, 9.17) is 0 Å². The normalized spacial score (nSPS) is 11.3. The van der Waals surface area contributed by atoms with Crippen LogP contribution in [-0.4, -0.2) is 0 Å². The molecular formula is C19H22FN. The zero-order valence-electron chi connectivity index (χ0n) is 13.1. The molecule has 0 unspecified atom stereocenters. The maximum Gasteiger partial charge on any atom is 0.130 e. The minimum absolute atomic E-state index is 0.671. The van der Waals surface area contributed by atoms with E-state index in [-0.39, 0.29) is 0 Å². The van der Waals surface area contributed by atoms with Gasteiger partial charge in [-0.15, -0.1) is 0 Å². The third kappa shape index (κ3) is 3.72. The van der Waals surface area contributed by atoms with Crippen LogP contribution in [-0.2, 0) is 5.67 Å². The van der Waals surface area contributed by atoms with Crippen LogP contribution in [0.4, 0.5) is 10.1 Å². The van der Waals surface area contributed by atoms with Gasteiger partial charge in [0, 0.05) is 11.4 Å². The van der Waals surface area contributed by atoms with Gasteiger partial charge in [0.25, 0.3) is 0 Å². The summed E-state index contributed by atoms with van der Waals surface area (Å²) < 4.78 is 13.8. The first-order chi connectivity index (χ1) is 9.77. The Bertz CT molecular complexity index is 648. The molecule has 1 nitrogen and oxygen atoms in total. The summed E-state index contributed by atoms with van der Waals surface area (Å²) in [5.41, 5.74) is 4.67. The van der Waals surface area contributed by atoms with Crippen molar-refractivity contribution in [3.8, 4) is 0 Å². The number of hydrogen-bond donors (Lipinski definition) is 1. The first-order valence-corrected chi connectivity index (χ1v) is 7.10. The molecule has 0 aliphatic carbocycles. The Labute approximate surface area is 126 Å². The summed E-state index contributed by atoms with van der Waals surface area (Å²) in [5, 5.41) is 3.27. The number of benzene rings is 2. The summed E-state index contributed by atoms with van der Waals surface area (Å²) >= 11 is 0. The summed E-state index contributed by atoms with van der Waals surface area (Å²) in [6, 6.07) is 13.6. The van der Waals surface area contributed by atoms with Crippen LogP contribution in [0.25, 0.3) is 5.70 Å². The Hall–Kier alpha value is -2.09. The number of aryl methyl sites for hydroxylation is 2. The fraction of sp³-hybridized carbons (Fsp3) is 0.263. The second kappa shape index (κ2) is 5.72. The molecule has 0 atom stereocenters. The maximum absolute atomic E-state index is 13.8. The van der Waals surface area contributed by atoms with E-state index in [1.165, 1.54) is 11.1 Å². The minimum Gasteiger partial charge on any atom is -0.356 e. The standard InChI is InChI=1S/C19H22FN/c1-13-6-7-16(12-14(13)2)15(3)21-18-10-8-17(9-11-18)19(4,5)20/h6-12,21H,3H2,1-2,4-5H3. The molecule has 0 heterocycles. The molecule has 0 radical (unpaired) electrons.